The average Bonchev–Trinajstić information content (AvgIpc) is 2.37. The minimum absolute atomic E-state index is 0.0379. The van der Waals surface area contributed by atoms with Crippen LogP contribution in [0.2, 0.25) is 0 Å². The van der Waals surface area contributed by atoms with Gasteiger partial charge in [0.1, 0.15) is 21.5 Å². The molecule has 6 heteroatoms. The van der Waals surface area contributed by atoms with Crippen molar-refractivity contribution in [3.05, 3.63) is 35.4 Å². The van der Waals surface area contributed by atoms with Crippen molar-refractivity contribution < 1.29 is 17.2 Å². The molecule has 0 unspecified atom stereocenters. The number of nitrogens with one attached hydrogen (secondary N) is 1. The Labute approximate surface area is 118 Å². The van der Waals surface area contributed by atoms with Gasteiger partial charge in [-0.15, -0.1) is 0 Å². The van der Waals surface area contributed by atoms with Crippen molar-refractivity contribution >= 4 is 9.84 Å². The van der Waals surface area contributed by atoms with E-state index in [1.165, 1.54) is 18.2 Å². The third-order valence-electron chi connectivity index (χ3n) is 3.82. The Balaban J connectivity index is 1.91. The number of hydrogen-bond acceptors (Lipinski definition) is 3. The number of rotatable bonds is 4. The van der Waals surface area contributed by atoms with Gasteiger partial charge in [0.2, 0.25) is 0 Å². The summed E-state index contributed by atoms with van der Waals surface area (Å²) in [4.78, 5) is 0. The zero-order valence-electron chi connectivity index (χ0n) is 11.4. The maximum atomic E-state index is 13.6. The smallest absolute Gasteiger partial charge is 0.150 e. The molecule has 0 bridgehead atoms. The molecule has 0 radical (unpaired) electrons. The Morgan fingerprint density at radius 3 is 2.35 bits per heavy atom. The molecule has 1 atom stereocenters. The normalized spacial score (nSPS) is 20.8. The van der Waals surface area contributed by atoms with Gasteiger partial charge in [-0.25, -0.2) is 17.2 Å². The van der Waals surface area contributed by atoms with Gasteiger partial charge in [0.25, 0.3) is 0 Å². The molecule has 3 nitrogen and oxygen atoms in total. The molecule has 0 spiro atoms. The largest absolute Gasteiger partial charge is 0.310 e. The summed E-state index contributed by atoms with van der Waals surface area (Å²) in [5.74, 6) is -0.452. The highest BCUT2D eigenvalue weighted by Gasteiger charge is 2.24. The van der Waals surface area contributed by atoms with E-state index >= 15 is 0 Å². The van der Waals surface area contributed by atoms with E-state index in [-0.39, 0.29) is 23.0 Å². The van der Waals surface area contributed by atoms with Gasteiger partial charge >= 0.3 is 0 Å². The molecular formula is C14H19F2NO2S. The molecule has 1 aromatic carbocycles. The highest BCUT2D eigenvalue weighted by molar-refractivity contribution is 7.91. The maximum absolute atomic E-state index is 13.6. The minimum Gasteiger partial charge on any atom is -0.310 e. The number of halogens is 2. The fraction of sp³-hybridized carbons (Fsp3) is 0.571. The summed E-state index contributed by atoms with van der Waals surface area (Å²) < 4.78 is 49.9. The SMILES string of the molecule is C[C@H](NCC1CCS(=O)(=O)CC1)c1c(F)cccc1F. The quantitative estimate of drug-likeness (QED) is 0.929. The van der Waals surface area contributed by atoms with Crippen molar-refractivity contribution in [3.8, 4) is 0 Å². The first-order chi connectivity index (χ1) is 9.39. The number of benzene rings is 1. The van der Waals surface area contributed by atoms with Gasteiger partial charge in [-0.3, -0.25) is 0 Å². The second-order valence-electron chi connectivity index (χ2n) is 5.36. The summed E-state index contributed by atoms with van der Waals surface area (Å²) in [5, 5.41) is 3.10. The Kier molecular flexibility index (Phi) is 4.75. The van der Waals surface area contributed by atoms with E-state index in [9.17, 15) is 17.2 Å². The van der Waals surface area contributed by atoms with Crippen molar-refractivity contribution in [1.29, 1.82) is 0 Å². The fourth-order valence-corrected chi connectivity index (χ4v) is 4.10. The zero-order chi connectivity index (χ0) is 14.8. The van der Waals surface area contributed by atoms with E-state index in [0.29, 0.717) is 19.4 Å². The lowest BCUT2D eigenvalue weighted by molar-refractivity contribution is 0.398. The summed E-state index contributed by atoms with van der Waals surface area (Å²) in [6.45, 7) is 2.28. The van der Waals surface area contributed by atoms with E-state index in [1.54, 1.807) is 6.92 Å². The van der Waals surface area contributed by atoms with E-state index < -0.39 is 27.5 Å². The highest BCUT2D eigenvalue weighted by atomic mass is 32.2. The van der Waals surface area contributed by atoms with Crippen LogP contribution in [0, 0.1) is 17.6 Å². The molecule has 0 saturated carbocycles. The third kappa shape index (κ3) is 3.76. The Bertz CT molecular complexity index is 540. The van der Waals surface area contributed by atoms with Gasteiger partial charge in [0.05, 0.1) is 11.5 Å². The molecule has 0 aliphatic carbocycles. The standard InChI is InChI=1S/C14H19F2NO2S/c1-10(14-12(15)3-2-4-13(14)16)17-9-11-5-7-20(18,19)8-6-11/h2-4,10-11,17H,5-9H2,1H3/t10-/m0/s1. The summed E-state index contributed by atoms with van der Waals surface area (Å²) in [6, 6.07) is 3.38. The lowest BCUT2D eigenvalue weighted by Crippen LogP contribution is -2.32. The van der Waals surface area contributed by atoms with Crippen LogP contribution in [-0.4, -0.2) is 26.5 Å². The Hall–Kier alpha value is -1.01. The lowest BCUT2D eigenvalue weighted by Gasteiger charge is -2.24. The first-order valence-corrected chi connectivity index (χ1v) is 8.59. The van der Waals surface area contributed by atoms with Crippen LogP contribution in [-0.2, 0) is 9.84 Å². The zero-order valence-corrected chi connectivity index (χ0v) is 12.2. The van der Waals surface area contributed by atoms with Crippen LogP contribution in [0.15, 0.2) is 18.2 Å². The number of sulfone groups is 1. The molecule has 2 rings (SSSR count). The van der Waals surface area contributed by atoms with Gasteiger partial charge in [0.15, 0.2) is 0 Å². The summed E-state index contributed by atoms with van der Waals surface area (Å²) in [7, 11) is -2.87. The molecule has 1 aliphatic heterocycles. The van der Waals surface area contributed by atoms with Crippen molar-refractivity contribution in [3.63, 3.8) is 0 Å². The van der Waals surface area contributed by atoms with Gasteiger partial charge in [-0.2, -0.15) is 0 Å². The van der Waals surface area contributed by atoms with Crippen LogP contribution < -0.4 is 5.32 Å². The van der Waals surface area contributed by atoms with E-state index in [2.05, 4.69) is 5.32 Å². The van der Waals surface area contributed by atoms with Gasteiger partial charge in [-0.1, -0.05) is 6.07 Å². The molecule has 1 N–H and O–H groups in total. The Morgan fingerprint density at radius 2 is 1.80 bits per heavy atom. The predicted octanol–water partition coefficient (Wildman–Crippen LogP) is 2.44. The van der Waals surface area contributed by atoms with Crippen molar-refractivity contribution in [1.82, 2.24) is 5.32 Å². The van der Waals surface area contributed by atoms with Crippen molar-refractivity contribution in [2.75, 3.05) is 18.1 Å². The van der Waals surface area contributed by atoms with Gasteiger partial charge in [-0.05, 0) is 44.4 Å². The molecule has 1 saturated heterocycles. The molecule has 1 aliphatic rings. The van der Waals surface area contributed by atoms with Crippen LogP contribution in [0.3, 0.4) is 0 Å². The molecule has 1 heterocycles. The average molecular weight is 303 g/mol. The molecule has 112 valence electrons. The number of hydrogen-bond donors (Lipinski definition) is 1. The second kappa shape index (κ2) is 6.18. The summed E-state index contributed by atoms with van der Waals surface area (Å²) >= 11 is 0. The van der Waals surface area contributed by atoms with Crippen LogP contribution in [0.4, 0.5) is 8.78 Å². The fourth-order valence-electron chi connectivity index (χ4n) is 2.51. The molecular weight excluding hydrogens is 284 g/mol. The molecule has 1 fully saturated rings. The highest BCUT2D eigenvalue weighted by Crippen LogP contribution is 2.22. The van der Waals surface area contributed by atoms with E-state index in [1.807, 2.05) is 0 Å². The molecule has 0 amide bonds. The third-order valence-corrected chi connectivity index (χ3v) is 5.54. The van der Waals surface area contributed by atoms with Crippen LogP contribution >= 0.6 is 0 Å². The first-order valence-electron chi connectivity index (χ1n) is 6.77. The molecule has 1 aromatic rings. The summed E-state index contributed by atoms with van der Waals surface area (Å²) in [6.07, 6.45) is 1.23. The second-order valence-corrected chi connectivity index (χ2v) is 7.66. The van der Waals surface area contributed by atoms with Gasteiger partial charge < -0.3 is 5.32 Å². The Morgan fingerprint density at radius 1 is 1.25 bits per heavy atom. The van der Waals surface area contributed by atoms with E-state index in [0.717, 1.165) is 0 Å². The van der Waals surface area contributed by atoms with Crippen LogP contribution in [0.1, 0.15) is 31.4 Å². The maximum Gasteiger partial charge on any atom is 0.150 e. The van der Waals surface area contributed by atoms with Crippen LogP contribution in [0.25, 0.3) is 0 Å². The van der Waals surface area contributed by atoms with Crippen LogP contribution in [0.5, 0.6) is 0 Å². The van der Waals surface area contributed by atoms with E-state index in [4.69, 9.17) is 0 Å². The molecule has 0 aromatic heterocycles. The van der Waals surface area contributed by atoms with Crippen molar-refractivity contribution in [2.45, 2.75) is 25.8 Å². The first kappa shape index (κ1) is 15.4. The van der Waals surface area contributed by atoms with Crippen molar-refractivity contribution in [2.24, 2.45) is 5.92 Å². The monoisotopic (exact) mass is 303 g/mol. The summed E-state index contributed by atoms with van der Waals surface area (Å²) in [5.41, 5.74) is 0.0379. The topological polar surface area (TPSA) is 46.2 Å². The minimum atomic E-state index is -2.87. The van der Waals surface area contributed by atoms with Gasteiger partial charge in [0, 0.05) is 11.6 Å². The molecule has 20 heavy (non-hydrogen) atoms. The lowest BCUT2D eigenvalue weighted by atomic mass is 10.0. The predicted molar refractivity (Wildman–Crippen MR) is 74.2 cm³/mol.